The summed E-state index contributed by atoms with van der Waals surface area (Å²) in [7, 11) is 0. The molecule has 0 unspecified atom stereocenters. The molecule has 0 aliphatic heterocycles. The Bertz CT molecular complexity index is 367. The van der Waals surface area contributed by atoms with Gasteiger partial charge >= 0.3 is 0 Å². The highest BCUT2D eigenvalue weighted by Crippen LogP contribution is 2.24. The second kappa shape index (κ2) is 8.02. The molecule has 0 saturated heterocycles. The molecule has 0 atom stereocenters. The number of aliphatic imine (C=N–C) groups is 1. The molecule has 0 bridgehead atoms. The van der Waals surface area contributed by atoms with E-state index in [0.29, 0.717) is 0 Å². The summed E-state index contributed by atoms with van der Waals surface area (Å²) in [6.45, 7) is 0. The molecule has 5 heteroatoms. The molecule has 2 fully saturated rings. The van der Waals surface area contributed by atoms with Gasteiger partial charge in [-0.2, -0.15) is 0 Å². The van der Waals surface area contributed by atoms with Gasteiger partial charge in [0, 0.05) is 0 Å². The zero-order valence-corrected chi connectivity index (χ0v) is 12.0. The van der Waals surface area contributed by atoms with Crippen LogP contribution >= 0.6 is 0 Å². The minimum absolute atomic E-state index is 0.0288. The minimum atomic E-state index is -0.376. The van der Waals surface area contributed by atoms with E-state index < -0.39 is 0 Å². The molecular formula is C15H24N3O2-. The molecule has 5 nitrogen and oxygen atoms in total. The van der Waals surface area contributed by atoms with Gasteiger partial charge in [-0.3, -0.25) is 15.1 Å². The van der Waals surface area contributed by atoms with Crippen LogP contribution in [0.25, 0.3) is 5.32 Å². The Hall–Kier alpha value is -1.39. The molecule has 0 N–H and O–H groups in total. The molecule has 2 rings (SSSR count). The summed E-state index contributed by atoms with van der Waals surface area (Å²) < 4.78 is 0. The highest BCUT2D eigenvalue weighted by Gasteiger charge is 2.12. The van der Waals surface area contributed by atoms with Crippen molar-refractivity contribution in [1.29, 1.82) is 0 Å². The Balaban J connectivity index is 1.88. The largest absolute Gasteiger partial charge is 0.682 e. The molecule has 2 aliphatic rings. The summed E-state index contributed by atoms with van der Waals surface area (Å²) in [6, 6.07) is 0.531. The Morgan fingerprint density at radius 1 is 1.05 bits per heavy atom. The van der Waals surface area contributed by atoms with Crippen molar-refractivity contribution in [1.82, 2.24) is 0 Å². The van der Waals surface area contributed by atoms with Gasteiger partial charge in [-0.25, -0.2) is 0 Å². The second-order valence-electron chi connectivity index (χ2n) is 5.82. The standard InChI is InChI=1S/C15H24N3O2/c19-18(20)15(11-16-13-7-3-1-4-8-13)12-17-14-9-5-2-6-10-14/h11-14H,1-10H2/q-1/b15-11-,17-12?. The topological polar surface area (TPSA) is 69.6 Å². The summed E-state index contributed by atoms with van der Waals surface area (Å²) in [5.41, 5.74) is 0.0288. The number of nitrogens with zero attached hydrogens (tertiary/aromatic N) is 3. The predicted octanol–water partition coefficient (Wildman–Crippen LogP) is 4.21. The van der Waals surface area contributed by atoms with Crippen molar-refractivity contribution in [2.24, 2.45) is 4.99 Å². The number of rotatable bonds is 5. The lowest BCUT2D eigenvalue weighted by Crippen LogP contribution is -2.12. The van der Waals surface area contributed by atoms with Crippen LogP contribution in [0.4, 0.5) is 0 Å². The molecular weight excluding hydrogens is 254 g/mol. The van der Waals surface area contributed by atoms with E-state index in [4.69, 9.17) is 0 Å². The normalized spacial score (nSPS) is 23.1. The average Bonchev–Trinajstić information content (AvgIpc) is 2.49. The predicted molar refractivity (Wildman–Crippen MR) is 80.7 cm³/mol. The molecule has 0 aromatic rings. The minimum Gasteiger partial charge on any atom is -0.682 e. The van der Waals surface area contributed by atoms with Gasteiger partial charge in [0.25, 0.3) is 5.70 Å². The highest BCUT2D eigenvalue weighted by atomic mass is 16.6. The molecule has 0 aromatic carbocycles. The van der Waals surface area contributed by atoms with Crippen molar-refractivity contribution in [3.63, 3.8) is 0 Å². The average molecular weight is 278 g/mol. The summed E-state index contributed by atoms with van der Waals surface area (Å²) >= 11 is 0. The third-order valence-corrected chi connectivity index (χ3v) is 4.20. The Labute approximate surface area is 120 Å². The van der Waals surface area contributed by atoms with Crippen LogP contribution in [0.15, 0.2) is 16.9 Å². The lowest BCUT2D eigenvalue weighted by Gasteiger charge is -2.32. The SMILES string of the molecule is O=[N+]([O-])/C(C=NC1CCCCC1)=C\[N-]C1CCCCC1. The van der Waals surface area contributed by atoms with E-state index in [9.17, 15) is 10.1 Å². The quantitative estimate of drug-likeness (QED) is 0.429. The molecule has 0 heterocycles. The zero-order valence-electron chi connectivity index (χ0n) is 12.0. The summed E-state index contributed by atoms with van der Waals surface area (Å²) in [5.74, 6) is 0. The first-order chi connectivity index (χ1) is 9.75. The van der Waals surface area contributed by atoms with Gasteiger partial charge in [-0.1, -0.05) is 57.6 Å². The number of hydrogen-bond acceptors (Lipinski definition) is 3. The Morgan fingerprint density at radius 2 is 1.65 bits per heavy atom. The molecule has 0 radical (unpaired) electrons. The van der Waals surface area contributed by atoms with E-state index in [0.717, 1.165) is 25.7 Å². The van der Waals surface area contributed by atoms with E-state index in [1.807, 2.05) is 0 Å². The van der Waals surface area contributed by atoms with Crippen molar-refractivity contribution < 1.29 is 4.92 Å². The molecule has 2 saturated carbocycles. The zero-order chi connectivity index (χ0) is 14.2. The third-order valence-electron chi connectivity index (χ3n) is 4.20. The van der Waals surface area contributed by atoms with Crippen molar-refractivity contribution in [2.45, 2.75) is 76.3 Å². The van der Waals surface area contributed by atoms with Crippen molar-refractivity contribution >= 4 is 6.21 Å². The van der Waals surface area contributed by atoms with Crippen molar-refractivity contribution in [3.8, 4) is 0 Å². The lowest BCUT2D eigenvalue weighted by molar-refractivity contribution is -0.414. The number of hydrogen-bond donors (Lipinski definition) is 0. The van der Waals surface area contributed by atoms with Crippen LogP contribution in [-0.4, -0.2) is 23.2 Å². The van der Waals surface area contributed by atoms with E-state index in [1.54, 1.807) is 0 Å². The van der Waals surface area contributed by atoms with Crippen molar-refractivity contribution in [2.75, 3.05) is 0 Å². The van der Waals surface area contributed by atoms with E-state index in [-0.39, 0.29) is 22.7 Å². The molecule has 0 spiro atoms. The lowest BCUT2D eigenvalue weighted by atomic mass is 9.96. The Morgan fingerprint density at radius 3 is 2.25 bits per heavy atom. The smallest absolute Gasteiger partial charge is 0.265 e. The first-order valence-corrected chi connectivity index (χ1v) is 7.83. The van der Waals surface area contributed by atoms with Gasteiger partial charge in [-0.15, -0.1) is 6.04 Å². The fraction of sp³-hybridized carbons (Fsp3) is 0.800. The van der Waals surface area contributed by atoms with Gasteiger partial charge in [0.15, 0.2) is 0 Å². The van der Waals surface area contributed by atoms with Crippen LogP contribution in [0.2, 0.25) is 0 Å². The van der Waals surface area contributed by atoms with Crippen LogP contribution in [0.5, 0.6) is 0 Å². The van der Waals surface area contributed by atoms with Gasteiger partial charge in [-0.05, 0) is 12.8 Å². The van der Waals surface area contributed by atoms with Gasteiger partial charge in [0.05, 0.1) is 17.2 Å². The number of nitro groups is 1. The molecule has 0 amide bonds. The van der Waals surface area contributed by atoms with Crippen LogP contribution in [-0.2, 0) is 0 Å². The van der Waals surface area contributed by atoms with E-state index in [2.05, 4.69) is 10.3 Å². The van der Waals surface area contributed by atoms with Gasteiger partial charge < -0.3 is 5.32 Å². The maximum Gasteiger partial charge on any atom is 0.265 e. The summed E-state index contributed by atoms with van der Waals surface area (Å²) in [5, 5.41) is 15.4. The number of allylic oxidation sites excluding steroid dienone is 1. The van der Waals surface area contributed by atoms with Crippen LogP contribution in [0, 0.1) is 10.1 Å². The second-order valence-corrected chi connectivity index (χ2v) is 5.82. The maximum atomic E-state index is 11.0. The van der Waals surface area contributed by atoms with Crippen LogP contribution < -0.4 is 0 Å². The van der Waals surface area contributed by atoms with Crippen LogP contribution in [0.1, 0.15) is 64.2 Å². The molecule has 0 aromatic heterocycles. The van der Waals surface area contributed by atoms with Gasteiger partial charge in [0.1, 0.15) is 0 Å². The van der Waals surface area contributed by atoms with E-state index >= 15 is 0 Å². The van der Waals surface area contributed by atoms with Crippen LogP contribution in [0.3, 0.4) is 0 Å². The Kier molecular flexibility index (Phi) is 6.02. The summed E-state index contributed by atoms with van der Waals surface area (Å²) in [4.78, 5) is 15.0. The fourth-order valence-electron chi connectivity index (χ4n) is 2.95. The summed E-state index contributed by atoms with van der Waals surface area (Å²) in [6.07, 6.45) is 14.3. The highest BCUT2D eigenvalue weighted by molar-refractivity contribution is 5.76. The first kappa shape index (κ1) is 15.0. The fourth-order valence-corrected chi connectivity index (χ4v) is 2.95. The van der Waals surface area contributed by atoms with Crippen molar-refractivity contribution in [3.05, 3.63) is 27.3 Å². The maximum absolute atomic E-state index is 11.0. The van der Waals surface area contributed by atoms with E-state index in [1.165, 1.54) is 50.9 Å². The first-order valence-electron chi connectivity index (χ1n) is 7.83. The molecule has 20 heavy (non-hydrogen) atoms. The monoisotopic (exact) mass is 278 g/mol. The molecule has 112 valence electrons. The molecule has 2 aliphatic carbocycles. The van der Waals surface area contributed by atoms with Gasteiger partial charge in [0.2, 0.25) is 0 Å². The third kappa shape index (κ3) is 4.94.